The monoisotopic (exact) mass is 330 g/mol. The Morgan fingerprint density at radius 3 is 2.74 bits per heavy atom. The molecule has 0 aliphatic carbocycles. The molecule has 2 heterocycles. The number of likely N-dealkylation sites (tertiary alicyclic amines) is 1. The van der Waals surface area contributed by atoms with Crippen LogP contribution >= 0.6 is 11.3 Å². The van der Waals surface area contributed by atoms with Crippen LogP contribution in [0.2, 0.25) is 0 Å². The van der Waals surface area contributed by atoms with E-state index in [0.717, 1.165) is 41.2 Å². The summed E-state index contributed by atoms with van der Waals surface area (Å²) < 4.78 is 1.07. The van der Waals surface area contributed by atoms with Crippen molar-refractivity contribution < 1.29 is 9.90 Å². The highest BCUT2D eigenvalue weighted by Crippen LogP contribution is 2.34. The van der Waals surface area contributed by atoms with E-state index >= 15 is 0 Å². The predicted octanol–water partition coefficient (Wildman–Crippen LogP) is 3.19. The van der Waals surface area contributed by atoms with E-state index in [1.165, 1.54) is 17.8 Å². The number of amides is 1. The Kier molecular flexibility index (Phi) is 5.08. The van der Waals surface area contributed by atoms with Crippen molar-refractivity contribution in [3.05, 3.63) is 41.9 Å². The minimum atomic E-state index is -0.437. The van der Waals surface area contributed by atoms with Gasteiger partial charge in [-0.25, -0.2) is 4.98 Å². The summed E-state index contributed by atoms with van der Waals surface area (Å²) in [5.41, 5.74) is 0.907. The number of thiazole rings is 1. The van der Waals surface area contributed by atoms with Gasteiger partial charge in [0.1, 0.15) is 5.01 Å². The average Bonchev–Trinajstić information content (AvgIpc) is 3.03. The Balaban J connectivity index is 1.97. The second-order valence-corrected chi connectivity index (χ2v) is 7.03. The van der Waals surface area contributed by atoms with Crippen molar-refractivity contribution in [1.29, 1.82) is 0 Å². The van der Waals surface area contributed by atoms with Crippen molar-refractivity contribution in [2.75, 3.05) is 19.7 Å². The number of hydrogen-bond acceptors (Lipinski definition) is 4. The summed E-state index contributed by atoms with van der Waals surface area (Å²) in [6, 6.07) is 7.90. The van der Waals surface area contributed by atoms with Crippen LogP contribution in [0.15, 0.2) is 36.9 Å². The van der Waals surface area contributed by atoms with E-state index in [9.17, 15) is 9.90 Å². The summed E-state index contributed by atoms with van der Waals surface area (Å²) in [7, 11) is 0. The molecular formula is C18H22N2O2S. The smallest absolute Gasteiger partial charge is 0.233 e. The van der Waals surface area contributed by atoms with Crippen LogP contribution in [0.25, 0.3) is 10.2 Å². The molecule has 23 heavy (non-hydrogen) atoms. The highest BCUT2D eigenvalue weighted by molar-refractivity contribution is 7.18. The molecule has 1 amide bonds. The molecule has 2 atom stereocenters. The zero-order valence-electron chi connectivity index (χ0n) is 13.1. The summed E-state index contributed by atoms with van der Waals surface area (Å²) in [5, 5.41) is 10.5. The molecule has 1 N–H and O–H groups in total. The molecule has 3 rings (SSSR count). The van der Waals surface area contributed by atoms with Gasteiger partial charge in [-0.1, -0.05) is 18.2 Å². The van der Waals surface area contributed by atoms with Gasteiger partial charge in [0.2, 0.25) is 5.91 Å². The van der Waals surface area contributed by atoms with Crippen LogP contribution < -0.4 is 0 Å². The maximum Gasteiger partial charge on any atom is 0.233 e. The van der Waals surface area contributed by atoms with Crippen LogP contribution in [0.3, 0.4) is 0 Å². The molecule has 4 nitrogen and oxygen atoms in total. The molecule has 0 spiro atoms. The molecule has 0 radical (unpaired) electrons. The molecule has 5 heteroatoms. The first kappa shape index (κ1) is 16.1. The maximum absolute atomic E-state index is 13.1. The lowest BCUT2D eigenvalue weighted by atomic mass is 9.91. The molecule has 1 aliphatic rings. The highest BCUT2D eigenvalue weighted by Gasteiger charge is 2.34. The van der Waals surface area contributed by atoms with Gasteiger partial charge >= 0.3 is 0 Å². The quantitative estimate of drug-likeness (QED) is 0.857. The van der Waals surface area contributed by atoms with E-state index in [1.807, 2.05) is 29.2 Å². The van der Waals surface area contributed by atoms with Crippen LogP contribution in [0.4, 0.5) is 0 Å². The van der Waals surface area contributed by atoms with Gasteiger partial charge < -0.3 is 10.0 Å². The third-order valence-corrected chi connectivity index (χ3v) is 5.57. The third kappa shape index (κ3) is 3.31. The molecule has 1 saturated heterocycles. The average molecular weight is 330 g/mol. The molecule has 122 valence electrons. The number of rotatable bonds is 5. The summed E-state index contributed by atoms with van der Waals surface area (Å²) >= 11 is 1.54. The van der Waals surface area contributed by atoms with E-state index in [4.69, 9.17) is 0 Å². The fourth-order valence-corrected chi connectivity index (χ4v) is 4.26. The summed E-state index contributed by atoms with van der Waals surface area (Å²) in [6.45, 7) is 5.31. The summed E-state index contributed by atoms with van der Waals surface area (Å²) in [6.07, 6.45) is 4.96. The first-order valence-electron chi connectivity index (χ1n) is 8.12. The number of aliphatic hydroxyl groups excluding tert-OH is 1. The fraction of sp³-hybridized carbons (Fsp3) is 0.444. The van der Waals surface area contributed by atoms with Crippen LogP contribution in [-0.4, -0.2) is 40.6 Å². The number of nitrogens with zero attached hydrogens (tertiary/aromatic N) is 2. The van der Waals surface area contributed by atoms with Crippen LogP contribution in [0.5, 0.6) is 0 Å². The summed E-state index contributed by atoms with van der Waals surface area (Å²) in [5.74, 6) is -0.666. The summed E-state index contributed by atoms with van der Waals surface area (Å²) in [4.78, 5) is 19.6. The Hall–Kier alpha value is -1.72. The van der Waals surface area contributed by atoms with E-state index < -0.39 is 5.92 Å². The number of carbonyl (C=O) groups is 1. The van der Waals surface area contributed by atoms with Crippen molar-refractivity contribution >= 4 is 27.5 Å². The minimum Gasteiger partial charge on any atom is -0.396 e. The van der Waals surface area contributed by atoms with E-state index in [1.54, 1.807) is 6.08 Å². The maximum atomic E-state index is 13.1. The first-order chi connectivity index (χ1) is 11.2. The Morgan fingerprint density at radius 1 is 1.35 bits per heavy atom. The zero-order chi connectivity index (χ0) is 16.2. The van der Waals surface area contributed by atoms with Gasteiger partial charge in [0.05, 0.1) is 22.7 Å². The number of para-hydroxylation sites is 1. The van der Waals surface area contributed by atoms with Crippen molar-refractivity contribution in [3.8, 4) is 0 Å². The largest absolute Gasteiger partial charge is 0.396 e. The predicted molar refractivity (Wildman–Crippen MR) is 93.6 cm³/mol. The lowest BCUT2D eigenvalue weighted by Gasteiger charge is -2.31. The number of carbonyl (C=O) groups excluding carboxylic acids is 1. The van der Waals surface area contributed by atoms with Gasteiger partial charge in [0, 0.05) is 19.0 Å². The Morgan fingerprint density at radius 2 is 2.09 bits per heavy atom. The third-order valence-electron chi connectivity index (χ3n) is 4.45. The van der Waals surface area contributed by atoms with E-state index in [2.05, 4.69) is 11.6 Å². The Labute approximate surface area is 140 Å². The lowest BCUT2D eigenvalue weighted by Crippen LogP contribution is -2.41. The van der Waals surface area contributed by atoms with Gasteiger partial charge in [-0.05, 0) is 31.4 Å². The standard InChI is InChI=1S/C18H22N2O2S/c1-2-13(12-21)16(18(22)20-10-6-3-7-11-20)17-19-14-8-4-5-9-15(14)23-17/h2,4-5,8-9,13,16,21H,1,3,6-7,10-12H2/t13-,16+/m1/s1. The van der Waals surface area contributed by atoms with Crippen LogP contribution in [0, 0.1) is 5.92 Å². The van der Waals surface area contributed by atoms with Gasteiger partial charge in [-0.2, -0.15) is 0 Å². The number of aliphatic hydroxyl groups is 1. The lowest BCUT2D eigenvalue weighted by molar-refractivity contribution is -0.135. The second kappa shape index (κ2) is 7.23. The topological polar surface area (TPSA) is 53.4 Å². The first-order valence-corrected chi connectivity index (χ1v) is 8.94. The molecule has 1 aromatic heterocycles. The van der Waals surface area contributed by atoms with Crippen molar-refractivity contribution in [3.63, 3.8) is 0 Å². The highest BCUT2D eigenvalue weighted by atomic mass is 32.1. The number of fused-ring (bicyclic) bond motifs is 1. The van der Waals surface area contributed by atoms with Gasteiger partial charge in [0.25, 0.3) is 0 Å². The van der Waals surface area contributed by atoms with Crippen molar-refractivity contribution in [2.45, 2.75) is 25.2 Å². The molecule has 1 aliphatic heterocycles. The molecule has 0 bridgehead atoms. The van der Waals surface area contributed by atoms with Crippen LogP contribution in [0.1, 0.15) is 30.2 Å². The number of hydrogen-bond donors (Lipinski definition) is 1. The van der Waals surface area contributed by atoms with Gasteiger partial charge in [0.15, 0.2) is 0 Å². The Bertz CT molecular complexity index is 658. The number of piperidine rings is 1. The van der Waals surface area contributed by atoms with Gasteiger partial charge in [-0.15, -0.1) is 17.9 Å². The van der Waals surface area contributed by atoms with Gasteiger partial charge in [-0.3, -0.25) is 4.79 Å². The van der Waals surface area contributed by atoms with E-state index in [-0.39, 0.29) is 18.4 Å². The number of benzene rings is 1. The molecule has 1 fully saturated rings. The van der Waals surface area contributed by atoms with E-state index in [0.29, 0.717) is 0 Å². The normalized spacial score (nSPS) is 17.9. The SMILES string of the molecule is C=C[C@H](CO)[C@H](C(=O)N1CCCCC1)c1nc2ccccc2s1. The van der Waals surface area contributed by atoms with Crippen molar-refractivity contribution in [1.82, 2.24) is 9.88 Å². The molecule has 0 saturated carbocycles. The molecule has 2 aromatic rings. The fourth-order valence-electron chi connectivity index (χ4n) is 3.12. The molecular weight excluding hydrogens is 308 g/mol. The molecule has 0 unspecified atom stereocenters. The number of aromatic nitrogens is 1. The van der Waals surface area contributed by atoms with Crippen LogP contribution in [-0.2, 0) is 4.79 Å². The second-order valence-electron chi connectivity index (χ2n) is 5.97. The molecule has 1 aromatic carbocycles. The zero-order valence-corrected chi connectivity index (χ0v) is 14.0. The van der Waals surface area contributed by atoms with Crippen molar-refractivity contribution in [2.24, 2.45) is 5.92 Å². The minimum absolute atomic E-state index is 0.0720.